The van der Waals surface area contributed by atoms with Crippen LogP contribution in [-0.4, -0.2) is 32.0 Å². The van der Waals surface area contributed by atoms with Gasteiger partial charge in [-0.3, -0.25) is 0 Å². The van der Waals surface area contributed by atoms with E-state index in [0.717, 1.165) is 5.92 Å². The first-order valence-corrected chi connectivity index (χ1v) is 6.35. The lowest BCUT2D eigenvalue weighted by atomic mass is 9.87. The highest BCUT2D eigenvalue weighted by Gasteiger charge is 2.26. The lowest BCUT2D eigenvalue weighted by Crippen LogP contribution is -2.35. The molecule has 1 saturated carbocycles. The Morgan fingerprint density at radius 1 is 1.12 bits per heavy atom. The molecule has 1 aliphatic carbocycles. The first-order chi connectivity index (χ1) is 7.97. The number of alkyl halides is 3. The van der Waals surface area contributed by atoms with E-state index in [2.05, 4.69) is 12.2 Å². The molecule has 2 nitrogen and oxygen atoms in total. The van der Waals surface area contributed by atoms with Crippen molar-refractivity contribution in [2.45, 2.75) is 51.2 Å². The van der Waals surface area contributed by atoms with E-state index in [9.17, 15) is 13.2 Å². The summed E-state index contributed by atoms with van der Waals surface area (Å²) in [5.74, 6) is 0.816. The Balaban J connectivity index is 1.91. The summed E-state index contributed by atoms with van der Waals surface area (Å²) in [6, 6.07) is 0.525. The molecule has 1 N–H and O–H groups in total. The molecule has 1 rings (SSSR count). The van der Waals surface area contributed by atoms with Crippen molar-refractivity contribution < 1.29 is 17.9 Å². The number of rotatable bonds is 6. The van der Waals surface area contributed by atoms with Crippen molar-refractivity contribution in [2.24, 2.45) is 5.92 Å². The molecule has 0 aliphatic heterocycles. The van der Waals surface area contributed by atoms with Crippen LogP contribution in [0.25, 0.3) is 0 Å². The third kappa shape index (κ3) is 7.60. The predicted molar refractivity (Wildman–Crippen MR) is 60.9 cm³/mol. The van der Waals surface area contributed by atoms with E-state index in [1.807, 2.05) is 0 Å². The molecule has 1 aliphatic rings. The van der Waals surface area contributed by atoms with Gasteiger partial charge < -0.3 is 10.1 Å². The molecule has 0 aromatic heterocycles. The minimum atomic E-state index is -4.10. The molecular formula is C12H22F3NO. The van der Waals surface area contributed by atoms with Gasteiger partial charge in [-0.1, -0.05) is 6.92 Å². The fraction of sp³-hybridized carbons (Fsp3) is 1.00. The van der Waals surface area contributed by atoms with Crippen molar-refractivity contribution in [3.63, 3.8) is 0 Å². The molecule has 17 heavy (non-hydrogen) atoms. The topological polar surface area (TPSA) is 21.3 Å². The molecule has 0 saturated heterocycles. The zero-order chi connectivity index (χ0) is 12.7. The highest BCUT2D eigenvalue weighted by atomic mass is 19.4. The Morgan fingerprint density at radius 3 is 2.35 bits per heavy atom. The molecule has 0 aromatic carbocycles. The first-order valence-electron chi connectivity index (χ1n) is 6.35. The van der Waals surface area contributed by atoms with Crippen LogP contribution in [0.4, 0.5) is 13.2 Å². The lowest BCUT2D eigenvalue weighted by molar-refractivity contribution is -0.145. The van der Waals surface area contributed by atoms with E-state index in [-0.39, 0.29) is 6.61 Å². The van der Waals surface area contributed by atoms with E-state index in [4.69, 9.17) is 4.74 Å². The zero-order valence-electron chi connectivity index (χ0n) is 10.4. The number of nitrogens with one attached hydrogen (secondary N) is 1. The molecule has 102 valence electrons. The van der Waals surface area contributed by atoms with Crippen molar-refractivity contribution in [3.8, 4) is 0 Å². The van der Waals surface area contributed by atoms with Gasteiger partial charge in [0.15, 0.2) is 0 Å². The Kier molecular flexibility index (Phi) is 6.27. The number of hydrogen-bond donors (Lipinski definition) is 1. The standard InChI is InChI=1S/C12H22F3NO/c1-10-2-4-11(5-3-10)16-7-9-17-8-6-12(13,14)15/h10-11,16H,2-9H2,1H3. The van der Waals surface area contributed by atoms with Gasteiger partial charge in [0.25, 0.3) is 0 Å². The molecule has 0 radical (unpaired) electrons. The van der Waals surface area contributed by atoms with Gasteiger partial charge in [-0.05, 0) is 31.6 Å². The minimum absolute atomic E-state index is 0.229. The fourth-order valence-corrected chi connectivity index (χ4v) is 2.09. The van der Waals surface area contributed by atoms with Gasteiger partial charge in [0, 0.05) is 12.6 Å². The molecule has 0 atom stereocenters. The van der Waals surface area contributed by atoms with Crippen LogP contribution < -0.4 is 5.32 Å². The maximum absolute atomic E-state index is 11.8. The number of halogens is 3. The van der Waals surface area contributed by atoms with Crippen LogP contribution in [0.15, 0.2) is 0 Å². The van der Waals surface area contributed by atoms with Crippen molar-refractivity contribution in [1.29, 1.82) is 0 Å². The minimum Gasteiger partial charge on any atom is -0.380 e. The predicted octanol–water partition coefficient (Wildman–Crippen LogP) is 3.12. The molecule has 5 heteroatoms. The van der Waals surface area contributed by atoms with Gasteiger partial charge in [-0.2, -0.15) is 13.2 Å². The highest BCUT2D eigenvalue weighted by Crippen LogP contribution is 2.23. The van der Waals surface area contributed by atoms with E-state index in [1.165, 1.54) is 25.7 Å². The third-order valence-corrected chi connectivity index (χ3v) is 3.23. The fourth-order valence-electron chi connectivity index (χ4n) is 2.09. The Morgan fingerprint density at radius 2 is 1.76 bits per heavy atom. The van der Waals surface area contributed by atoms with Crippen LogP contribution in [0, 0.1) is 5.92 Å². The van der Waals surface area contributed by atoms with Crippen LogP contribution in [0.1, 0.15) is 39.0 Å². The molecule has 0 amide bonds. The van der Waals surface area contributed by atoms with Gasteiger partial charge in [-0.25, -0.2) is 0 Å². The third-order valence-electron chi connectivity index (χ3n) is 3.23. The molecule has 0 unspecified atom stereocenters. The highest BCUT2D eigenvalue weighted by molar-refractivity contribution is 4.74. The van der Waals surface area contributed by atoms with E-state index in [0.29, 0.717) is 19.2 Å². The van der Waals surface area contributed by atoms with E-state index < -0.39 is 12.6 Å². The number of hydrogen-bond acceptors (Lipinski definition) is 2. The van der Waals surface area contributed by atoms with Crippen molar-refractivity contribution in [3.05, 3.63) is 0 Å². The second-order valence-corrected chi connectivity index (χ2v) is 4.89. The smallest absolute Gasteiger partial charge is 0.380 e. The van der Waals surface area contributed by atoms with Crippen molar-refractivity contribution in [2.75, 3.05) is 19.8 Å². The van der Waals surface area contributed by atoms with Crippen LogP contribution in [0.2, 0.25) is 0 Å². The summed E-state index contributed by atoms with van der Waals surface area (Å²) >= 11 is 0. The van der Waals surface area contributed by atoms with Crippen molar-refractivity contribution >= 4 is 0 Å². The second-order valence-electron chi connectivity index (χ2n) is 4.89. The van der Waals surface area contributed by atoms with Gasteiger partial charge in [0.2, 0.25) is 0 Å². The second kappa shape index (κ2) is 7.21. The van der Waals surface area contributed by atoms with E-state index in [1.54, 1.807) is 0 Å². The SMILES string of the molecule is CC1CCC(NCCOCCC(F)(F)F)CC1. The average Bonchev–Trinajstić information content (AvgIpc) is 2.24. The molecule has 0 aromatic rings. The molecule has 0 heterocycles. The Hall–Kier alpha value is -0.290. The normalized spacial score (nSPS) is 26.1. The van der Waals surface area contributed by atoms with Gasteiger partial charge >= 0.3 is 6.18 Å². The molecular weight excluding hydrogens is 231 g/mol. The summed E-state index contributed by atoms with van der Waals surface area (Å²) in [5.41, 5.74) is 0. The molecule has 1 fully saturated rings. The van der Waals surface area contributed by atoms with Gasteiger partial charge in [0.05, 0.1) is 19.6 Å². The summed E-state index contributed by atoms with van der Waals surface area (Å²) in [7, 11) is 0. The lowest BCUT2D eigenvalue weighted by Gasteiger charge is -2.27. The maximum atomic E-state index is 11.8. The first kappa shape index (κ1) is 14.8. The van der Waals surface area contributed by atoms with Crippen LogP contribution in [0.5, 0.6) is 0 Å². The molecule has 0 bridgehead atoms. The van der Waals surface area contributed by atoms with Crippen LogP contribution >= 0.6 is 0 Å². The van der Waals surface area contributed by atoms with Crippen LogP contribution in [-0.2, 0) is 4.74 Å². The Bertz CT molecular complexity index is 200. The summed E-state index contributed by atoms with van der Waals surface area (Å²) in [6.45, 7) is 3.04. The zero-order valence-corrected chi connectivity index (χ0v) is 10.4. The quantitative estimate of drug-likeness (QED) is 0.734. The summed E-state index contributed by atoms with van der Waals surface area (Å²) < 4.78 is 40.3. The molecule has 0 spiro atoms. The van der Waals surface area contributed by atoms with Crippen LogP contribution in [0.3, 0.4) is 0 Å². The summed E-state index contributed by atoms with van der Waals surface area (Å²) in [5, 5.41) is 3.33. The van der Waals surface area contributed by atoms with Gasteiger partial charge in [-0.15, -0.1) is 0 Å². The summed E-state index contributed by atoms with van der Waals surface area (Å²) in [4.78, 5) is 0. The van der Waals surface area contributed by atoms with Gasteiger partial charge in [0.1, 0.15) is 0 Å². The number of ether oxygens (including phenoxy) is 1. The maximum Gasteiger partial charge on any atom is 0.391 e. The average molecular weight is 253 g/mol. The monoisotopic (exact) mass is 253 g/mol. The largest absolute Gasteiger partial charge is 0.391 e. The van der Waals surface area contributed by atoms with Crippen molar-refractivity contribution in [1.82, 2.24) is 5.32 Å². The summed E-state index contributed by atoms with van der Waals surface area (Å²) in [6.07, 6.45) is -0.131. The Labute approximate surface area is 101 Å². The van der Waals surface area contributed by atoms with E-state index >= 15 is 0 Å².